The van der Waals surface area contributed by atoms with Crippen LogP contribution in [0.25, 0.3) is 21.8 Å². The second-order valence-corrected chi connectivity index (χ2v) is 12.7. The third kappa shape index (κ3) is 5.53. The van der Waals surface area contributed by atoms with E-state index in [9.17, 15) is 18.0 Å². The summed E-state index contributed by atoms with van der Waals surface area (Å²) >= 11 is 0. The monoisotopic (exact) mass is 595 g/mol. The number of aryl methyl sites for hydroxylation is 2. The highest BCUT2D eigenvalue weighted by Crippen LogP contribution is 2.37. The minimum absolute atomic E-state index is 0.175. The van der Waals surface area contributed by atoms with Crippen molar-refractivity contribution in [3.63, 3.8) is 0 Å². The van der Waals surface area contributed by atoms with Crippen molar-refractivity contribution in [1.82, 2.24) is 8.87 Å². The summed E-state index contributed by atoms with van der Waals surface area (Å²) in [6, 6.07) is 27.3. The molecule has 0 saturated heterocycles. The number of carbonyl (C=O) groups is 2. The van der Waals surface area contributed by atoms with Crippen molar-refractivity contribution in [3.8, 4) is 0 Å². The van der Waals surface area contributed by atoms with Gasteiger partial charge < -0.3 is 14.6 Å². The Labute approximate surface area is 250 Å². The summed E-state index contributed by atoms with van der Waals surface area (Å²) in [4.78, 5) is 26.0. The lowest BCUT2D eigenvalue weighted by atomic mass is 9.92. The maximum Gasteiger partial charge on any atom is 0.308 e. The number of nitrogens with one attached hydrogen (secondary N) is 1. The van der Waals surface area contributed by atoms with Crippen molar-refractivity contribution in [3.05, 3.63) is 108 Å². The van der Waals surface area contributed by atoms with Crippen LogP contribution in [-0.2, 0) is 37.3 Å². The maximum absolute atomic E-state index is 13.7. The summed E-state index contributed by atoms with van der Waals surface area (Å²) in [5.74, 6) is -1.12. The fourth-order valence-corrected chi connectivity index (χ4v) is 7.61. The topological polar surface area (TPSA) is 97.7 Å². The first-order valence-electron chi connectivity index (χ1n) is 14.4. The number of benzene rings is 4. The van der Waals surface area contributed by atoms with Gasteiger partial charge in [-0.15, -0.1) is 0 Å². The Morgan fingerprint density at radius 1 is 0.907 bits per heavy atom. The van der Waals surface area contributed by atoms with Crippen LogP contribution in [0.3, 0.4) is 0 Å². The largest absolute Gasteiger partial charge is 0.456 e. The standard InChI is InChI=1S/C34H33N3O5S/c1-3-36-30-11-7-6-10-28(30)29-20-25(14-17-31(29)36)35-33(38)22-42-34(39)21-32-27-9-5-4-8-24(27)18-19-37(32)43(40,41)26-15-12-23(2)13-16-26/h4-17,20,32H,3,18-19,21-22H2,1-2H3,(H,35,38)/t32-/m0/s1. The molecule has 9 heteroatoms. The van der Waals surface area contributed by atoms with Crippen LogP contribution >= 0.6 is 0 Å². The number of esters is 1. The van der Waals surface area contributed by atoms with Crippen LogP contribution in [0.2, 0.25) is 0 Å². The smallest absolute Gasteiger partial charge is 0.308 e. The van der Waals surface area contributed by atoms with Gasteiger partial charge in [0.05, 0.1) is 17.4 Å². The number of sulfonamides is 1. The highest BCUT2D eigenvalue weighted by molar-refractivity contribution is 7.89. The summed E-state index contributed by atoms with van der Waals surface area (Å²) < 4.78 is 36.3. The maximum atomic E-state index is 13.7. The summed E-state index contributed by atoms with van der Waals surface area (Å²) in [5.41, 5.74) is 5.52. The zero-order valence-corrected chi connectivity index (χ0v) is 24.9. The molecule has 5 aromatic rings. The molecule has 4 aromatic carbocycles. The molecule has 1 aliphatic heterocycles. The van der Waals surface area contributed by atoms with Crippen LogP contribution in [0.15, 0.2) is 95.9 Å². The van der Waals surface area contributed by atoms with Gasteiger partial charge >= 0.3 is 5.97 Å². The number of aromatic nitrogens is 1. The number of rotatable bonds is 8. The van der Waals surface area contributed by atoms with Crippen LogP contribution in [0.1, 0.15) is 36.1 Å². The molecule has 0 bridgehead atoms. The molecule has 0 aliphatic carbocycles. The molecule has 0 spiro atoms. The minimum atomic E-state index is -3.88. The molecule has 1 N–H and O–H groups in total. The van der Waals surface area contributed by atoms with Crippen molar-refractivity contribution in [2.75, 3.05) is 18.5 Å². The van der Waals surface area contributed by atoms with Crippen molar-refractivity contribution >= 4 is 49.4 Å². The highest BCUT2D eigenvalue weighted by atomic mass is 32.2. The lowest BCUT2D eigenvalue weighted by Gasteiger charge is -2.36. The fourth-order valence-electron chi connectivity index (χ4n) is 6.01. The van der Waals surface area contributed by atoms with E-state index in [4.69, 9.17) is 4.74 Å². The van der Waals surface area contributed by atoms with E-state index in [1.165, 1.54) is 4.31 Å². The molecular formula is C34H33N3O5S. The molecule has 1 aromatic heterocycles. The van der Waals surface area contributed by atoms with Gasteiger partial charge in [0.15, 0.2) is 6.61 Å². The van der Waals surface area contributed by atoms with Gasteiger partial charge in [-0.3, -0.25) is 9.59 Å². The van der Waals surface area contributed by atoms with Crippen LogP contribution in [0, 0.1) is 6.92 Å². The Kier molecular flexibility index (Phi) is 7.77. The summed E-state index contributed by atoms with van der Waals surface area (Å²) in [7, 11) is -3.88. The van der Waals surface area contributed by atoms with Gasteiger partial charge in [-0.25, -0.2) is 8.42 Å². The molecule has 1 atom stereocenters. The normalized spacial score (nSPS) is 15.3. The van der Waals surface area contributed by atoms with Gasteiger partial charge in [-0.1, -0.05) is 60.2 Å². The molecule has 2 heterocycles. The Morgan fingerprint density at radius 3 is 2.42 bits per heavy atom. The second-order valence-electron chi connectivity index (χ2n) is 10.8. The van der Waals surface area contributed by atoms with Crippen LogP contribution in [0.5, 0.6) is 0 Å². The molecule has 43 heavy (non-hydrogen) atoms. The number of anilines is 1. The lowest BCUT2D eigenvalue weighted by Crippen LogP contribution is -2.41. The summed E-state index contributed by atoms with van der Waals surface area (Å²) in [6.45, 7) is 4.57. The fraction of sp³-hybridized carbons (Fsp3) is 0.235. The zero-order chi connectivity index (χ0) is 30.1. The van der Waals surface area contributed by atoms with Gasteiger partial charge in [0.1, 0.15) is 0 Å². The molecule has 0 fully saturated rings. The number of amides is 1. The van der Waals surface area contributed by atoms with Crippen LogP contribution in [-0.4, -0.2) is 42.3 Å². The third-order valence-electron chi connectivity index (χ3n) is 8.09. The minimum Gasteiger partial charge on any atom is -0.456 e. The van der Waals surface area contributed by atoms with Crippen LogP contribution < -0.4 is 5.32 Å². The SMILES string of the molecule is CCn1c2ccccc2c2cc(NC(=O)COC(=O)C[C@H]3c4ccccc4CCN3S(=O)(=O)c3ccc(C)cc3)ccc21. The predicted octanol–water partition coefficient (Wildman–Crippen LogP) is 5.98. The molecule has 220 valence electrons. The number of nitrogens with zero attached hydrogens (tertiary/aromatic N) is 2. The molecule has 8 nitrogen and oxygen atoms in total. The van der Waals surface area contributed by atoms with Gasteiger partial charge in [-0.2, -0.15) is 4.31 Å². The van der Waals surface area contributed by atoms with Gasteiger partial charge in [0.2, 0.25) is 10.0 Å². The number of hydrogen-bond acceptors (Lipinski definition) is 5. The lowest BCUT2D eigenvalue weighted by molar-refractivity contribution is -0.148. The van der Waals surface area contributed by atoms with E-state index in [1.807, 2.05) is 61.5 Å². The highest BCUT2D eigenvalue weighted by Gasteiger charge is 2.38. The first kappa shape index (κ1) is 28.6. The summed E-state index contributed by atoms with van der Waals surface area (Å²) in [5, 5.41) is 4.95. The van der Waals surface area contributed by atoms with E-state index in [-0.39, 0.29) is 17.9 Å². The van der Waals surface area contributed by atoms with E-state index in [2.05, 4.69) is 28.9 Å². The quantitative estimate of drug-likeness (QED) is 0.223. The molecule has 1 aliphatic rings. The predicted molar refractivity (Wildman–Crippen MR) is 167 cm³/mol. The summed E-state index contributed by atoms with van der Waals surface area (Å²) in [6.07, 6.45) is 0.328. The molecule has 0 saturated carbocycles. The van der Waals surface area contributed by atoms with E-state index in [0.717, 1.165) is 45.0 Å². The Bertz CT molecular complexity index is 1950. The molecule has 0 radical (unpaired) electrons. The molecule has 6 rings (SSSR count). The number of ether oxygens (including phenoxy) is 1. The van der Waals surface area contributed by atoms with E-state index >= 15 is 0 Å². The van der Waals surface area contributed by atoms with Crippen molar-refractivity contribution < 1.29 is 22.7 Å². The van der Waals surface area contributed by atoms with Crippen molar-refractivity contribution in [2.24, 2.45) is 0 Å². The van der Waals surface area contributed by atoms with Crippen LogP contribution in [0.4, 0.5) is 5.69 Å². The van der Waals surface area contributed by atoms with Crippen molar-refractivity contribution in [1.29, 1.82) is 0 Å². The number of fused-ring (bicyclic) bond motifs is 4. The van der Waals surface area contributed by atoms with Gasteiger partial charge in [0.25, 0.3) is 5.91 Å². The third-order valence-corrected chi connectivity index (χ3v) is 10.0. The number of hydrogen-bond donors (Lipinski definition) is 1. The Morgan fingerprint density at radius 2 is 1.63 bits per heavy atom. The van der Waals surface area contributed by atoms with E-state index < -0.39 is 34.5 Å². The number of para-hydroxylation sites is 1. The molecule has 1 amide bonds. The molecule has 0 unspecified atom stereocenters. The second kappa shape index (κ2) is 11.7. The van der Waals surface area contributed by atoms with E-state index in [1.54, 1.807) is 24.3 Å². The van der Waals surface area contributed by atoms with Gasteiger partial charge in [0, 0.05) is 40.6 Å². The zero-order valence-electron chi connectivity index (χ0n) is 24.1. The first-order valence-corrected chi connectivity index (χ1v) is 15.8. The first-order chi connectivity index (χ1) is 20.8. The molecular weight excluding hydrogens is 562 g/mol. The Hall–Kier alpha value is -4.47. The van der Waals surface area contributed by atoms with Gasteiger partial charge in [-0.05, 0) is 67.8 Å². The van der Waals surface area contributed by atoms with E-state index in [0.29, 0.717) is 12.1 Å². The number of carbonyl (C=O) groups excluding carboxylic acids is 2. The average molecular weight is 596 g/mol. The average Bonchev–Trinajstić information content (AvgIpc) is 3.33. The Balaban J connectivity index is 1.16. The van der Waals surface area contributed by atoms with Crippen molar-refractivity contribution in [2.45, 2.75) is 44.2 Å².